The monoisotopic (exact) mass is 516 g/mol. The number of nitrogens with zero attached hydrogens (tertiary/aromatic N) is 2. The van der Waals surface area contributed by atoms with E-state index in [-0.39, 0.29) is 12.2 Å². The maximum Gasteiger partial charge on any atom is 0.338 e. The number of ether oxygens (including phenoxy) is 2. The molecule has 2 aromatic heterocycles. The lowest BCUT2D eigenvalue weighted by Crippen LogP contribution is -2.39. The van der Waals surface area contributed by atoms with Gasteiger partial charge in [-0.25, -0.2) is 9.79 Å². The molecule has 1 atom stereocenters. The molecule has 0 unspecified atom stereocenters. The second-order valence-corrected chi connectivity index (χ2v) is 10.2. The number of hydrogen-bond acceptors (Lipinski definition) is 7. The standard InChI is InChI=1S/C28H24N2O4S2/c1-3-33-27(32)24-18(2)29-28-30(25(24)22-13-8-14-35-22)26(31)23(36-28)16-20-11-7-12-21(15-20)34-17-19-9-5-4-6-10-19/h4-16,25H,3,17H2,1-2H3/b23-16+/t25-/m1/s1. The third kappa shape index (κ3) is 4.82. The van der Waals surface area contributed by atoms with Gasteiger partial charge in [-0.05, 0) is 54.6 Å². The van der Waals surface area contributed by atoms with Gasteiger partial charge in [0.1, 0.15) is 18.4 Å². The lowest BCUT2D eigenvalue weighted by Gasteiger charge is -2.23. The Hall–Kier alpha value is -3.75. The first-order chi connectivity index (χ1) is 17.5. The van der Waals surface area contributed by atoms with Gasteiger partial charge < -0.3 is 9.47 Å². The van der Waals surface area contributed by atoms with E-state index in [1.54, 1.807) is 18.4 Å². The molecule has 0 aliphatic carbocycles. The molecule has 0 saturated carbocycles. The van der Waals surface area contributed by atoms with Crippen LogP contribution in [-0.4, -0.2) is 17.1 Å². The van der Waals surface area contributed by atoms with Crippen molar-refractivity contribution in [2.24, 2.45) is 4.99 Å². The first-order valence-electron chi connectivity index (χ1n) is 11.5. The number of carbonyl (C=O) groups is 1. The zero-order chi connectivity index (χ0) is 25.1. The van der Waals surface area contributed by atoms with Crippen LogP contribution in [0, 0.1) is 0 Å². The fourth-order valence-corrected chi connectivity index (χ4v) is 5.96. The van der Waals surface area contributed by atoms with Crippen LogP contribution in [0.4, 0.5) is 0 Å². The highest BCUT2D eigenvalue weighted by atomic mass is 32.1. The second-order valence-electron chi connectivity index (χ2n) is 8.16. The first kappa shape index (κ1) is 24.0. The van der Waals surface area contributed by atoms with Crippen LogP contribution in [0.25, 0.3) is 6.08 Å². The summed E-state index contributed by atoms with van der Waals surface area (Å²) in [4.78, 5) is 32.6. The predicted molar refractivity (Wildman–Crippen MR) is 142 cm³/mol. The molecule has 3 heterocycles. The molecule has 4 aromatic rings. The Morgan fingerprint density at radius 2 is 1.94 bits per heavy atom. The van der Waals surface area contributed by atoms with Crippen LogP contribution in [0.15, 0.2) is 93.2 Å². The number of allylic oxidation sites excluding steroid dienone is 1. The maximum absolute atomic E-state index is 13.6. The van der Waals surface area contributed by atoms with Crippen LogP contribution < -0.4 is 19.6 Å². The Morgan fingerprint density at radius 3 is 2.69 bits per heavy atom. The molecule has 0 spiro atoms. The van der Waals surface area contributed by atoms with E-state index in [1.165, 1.54) is 22.7 Å². The normalized spacial score (nSPS) is 15.4. The largest absolute Gasteiger partial charge is 0.489 e. The van der Waals surface area contributed by atoms with E-state index in [2.05, 4.69) is 4.99 Å². The van der Waals surface area contributed by atoms with Gasteiger partial charge in [-0.15, -0.1) is 11.3 Å². The molecule has 2 aromatic carbocycles. The van der Waals surface area contributed by atoms with Crippen LogP contribution in [0.5, 0.6) is 5.75 Å². The summed E-state index contributed by atoms with van der Waals surface area (Å²) >= 11 is 2.81. The smallest absolute Gasteiger partial charge is 0.338 e. The Bertz CT molecular complexity index is 1600. The number of rotatable bonds is 7. The molecule has 5 rings (SSSR count). The quantitative estimate of drug-likeness (QED) is 0.341. The van der Waals surface area contributed by atoms with Crippen LogP contribution in [-0.2, 0) is 16.1 Å². The first-order valence-corrected chi connectivity index (χ1v) is 13.2. The van der Waals surface area contributed by atoms with E-state index in [1.807, 2.05) is 78.2 Å². The van der Waals surface area contributed by atoms with Gasteiger partial charge >= 0.3 is 5.97 Å². The van der Waals surface area contributed by atoms with E-state index in [9.17, 15) is 9.59 Å². The molecule has 1 aliphatic heterocycles. The van der Waals surface area contributed by atoms with Crippen molar-refractivity contribution >= 4 is 34.7 Å². The molecular weight excluding hydrogens is 492 g/mol. The minimum absolute atomic E-state index is 0.193. The van der Waals surface area contributed by atoms with Crippen molar-refractivity contribution in [3.8, 4) is 5.75 Å². The van der Waals surface area contributed by atoms with Gasteiger partial charge in [0.2, 0.25) is 0 Å². The number of fused-ring (bicyclic) bond motifs is 1. The Morgan fingerprint density at radius 1 is 1.11 bits per heavy atom. The Kier molecular flexibility index (Phi) is 6.97. The lowest BCUT2D eigenvalue weighted by molar-refractivity contribution is -0.139. The van der Waals surface area contributed by atoms with Crippen LogP contribution >= 0.6 is 22.7 Å². The molecule has 182 valence electrons. The lowest BCUT2D eigenvalue weighted by atomic mass is 10.0. The van der Waals surface area contributed by atoms with Crippen molar-refractivity contribution in [3.63, 3.8) is 0 Å². The highest BCUT2D eigenvalue weighted by molar-refractivity contribution is 7.10. The summed E-state index contributed by atoms with van der Waals surface area (Å²) in [5.41, 5.74) is 2.70. The molecule has 1 aliphatic rings. The van der Waals surface area contributed by atoms with E-state index >= 15 is 0 Å². The third-order valence-electron chi connectivity index (χ3n) is 5.73. The van der Waals surface area contributed by atoms with Crippen molar-refractivity contribution in [1.29, 1.82) is 0 Å². The highest BCUT2D eigenvalue weighted by Gasteiger charge is 2.33. The topological polar surface area (TPSA) is 69.9 Å². The summed E-state index contributed by atoms with van der Waals surface area (Å²) in [5.74, 6) is 0.270. The summed E-state index contributed by atoms with van der Waals surface area (Å²) in [6, 6.07) is 20.9. The van der Waals surface area contributed by atoms with Gasteiger partial charge in [0.15, 0.2) is 4.80 Å². The van der Waals surface area contributed by atoms with Crippen molar-refractivity contribution in [2.45, 2.75) is 26.5 Å². The average Bonchev–Trinajstić information content (AvgIpc) is 3.52. The van der Waals surface area contributed by atoms with Crippen LogP contribution in [0.1, 0.15) is 35.9 Å². The van der Waals surface area contributed by atoms with Gasteiger partial charge in [0.25, 0.3) is 5.56 Å². The molecule has 6 nitrogen and oxygen atoms in total. The second kappa shape index (κ2) is 10.5. The van der Waals surface area contributed by atoms with E-state index < -0.39 is 12.0 Å². The molecule has 0 saturated heterocycles. The fraction of sp³-hybridized carbons (Fsp3) is 0.179. The Labute approximate surface area is 216 Å². The molecule has 0 amide bonds. The van der Waals surface area contributed by atoms with E-state index in [4.69, 9.17) is 9.47 Å². The Balaban J connectivity index is 1.53. The summed E-state index contributed by atoms with van der Waals surface area (Å²) in [5, 5.41) is 1.93. The molecule has 8 heteroatoms. The van der Waals surface area contributed by atoms with E-state index in [0.29, 0.717) is 27.2 Å². The SMILES string of the molecule is CCOC(=O)C1=C(C)N=c2s/c(=C/c3cccc(OCc4ccccc4)c3)c(=O)n2[C@@H]1c1cccs1. The number of hydrogen-bond donors (Lipinski definition) is 0. The number of esters is 1. The summed E-state index contributed by atoms with van der Waals surface area (Å²) < 4.78 is 13.4. The van der Waals surface area contributed by atoms with Crippen molar-refractivity contribution in [3.05, 3.63) is 119 Å². The summed E-state index contributed by atoms with van der Waals surface area (Å²) in [6.45, 7) is 4.27. The number of aromatic nitrogens is 1. The van der Waals surface area contributed by atoms with Crippen LogP contribution in [0.3, 0.4) is 0 Å². The summed E-state index contributed by atoms with van der Waals surface area (Å²) in [6.07, 6.45) is 1.84. The fourth-order valence-electron chi connectivity index (χ4n) is 4.09. The minimum atomic E-state index is -0.567. The molecular formula is C28H24N2O4S2. The van der Waals surface area contributed by atoms with Gasteiger partial charge in [-0.1, -0.05) is 59.9 Å². The molecule has 36 heavy (non-hydrogen) atoms. The highest BCUT2D eigenvalue weighted by Crippen LogP contribution is 2.33. The number of thiazole rings is 1. The van der Waals surface area contributed by atoms with Crippen molar-refractivity contribution in [1.82, 2.24) is 4.57 Å². The van der Waals surface area contributed by atoms with Gasteiger partial charge in [0.05, 0.1) is 22.4 Å². The van der Waals surface area contributed by atoms with Gasteiger partial charge in [0, 0.05) is 4.88 Å². The zero-order valence-electron chi connectivity index (χ0n) is 19.8. The average molecular weight is 517 g/mol. The summed E-state index contributed by atoms with van der Waals surface area (Å²) in [7, 11) is 0. The molecule has 0 bridgehead atoms. The number of thiophene rings is 1. The number of carbonyl (C=O) groups excluding carboxylic acids is 1. The predicted octanol–water partition coefficient (Wildman–Crippen LogP) is 4.44. The van der Waals surface area contributed by atoms with E-state index in [0.717, 1.165) is 21.8 Å². The maximum atomic E-state index is 13.6. The van der Waals surface area contributed by atoms with Gasteiger partial charge in [-0.2, -0.15) is 0 Å². The molecule has 0 radical (unpaired) electrons. The third-order valence-corrected chi connectivity index (χ3v) is 7.64. The van der Waals surface area contributed by atoms with Crippen LogP contribution in [0.2, 0.25) is 0 Å². The minimum Gasteiger partial charge on any atom is -0.489 e. The molecule has 0 N–H and O–H groups in total. The molecule has 0 fully saturated rings. The van der Waals surface area contributed by atoms with Crippen molar-refractivity contribution < 1.29 is 14.3 Å². The number of benzene rings is 2. The van der Waals surface area contributed by atoms with Crippen molar-refractivity contribution in [2.75, 3.05) is 6.61 Å². The zero-order valence-corrected chi connectivity index (χ0v) is 21.5. The van der Waals surface area contributed by atoms with Gasteiger partial charge in [-0.3, -0.25) is 9.36 Å².